The van der Waals surface area contributed by atoms with Crippen LogP contribution in [0.2, 0.25) is 0 Å². The Bertz CT molecular complexity index is 653. The summed E-state index contributed by atoms with van der Waals surface area (Å²) in [5.41, 5.74) is 2.26. The van der Waals surface area contributed by atoms with E-state index in [4.69, 9.17) is 5.26 Å². The highest BCUT2D eigenvalue weighted by Gasteiger charge is 2.18. The Morgan fingerprint density at radius 1 is 1.29 bits per heavy atom. The second-order valence-corrected chi connectivity index (χ2v) is 5.68. The molecule has 5 heteroatoms. The fourth-order valence-electron chi connectivity index (χ4n) is 1.87. The molecule has 4 nitrogen and oxygen atoms in total. The zero-order valence-electron chi connectivity index (χ0n) is 11.3. The van der Waals surface area contributed by atoms with Crippen LogP contribution in [0.25, 0.3) is 0 Å². The van der Waals surface area contributed by atoms with Crippen molar-refractivity contribution in [3.8, 4) is 6.07 Å². The first kappa shape index (κ1) is 15.1. The van der Waals surface area contributed by atoms with E-state index in [0.717, 1.165) is 11.1 Å². The van der Waals surface area contributed by atoms with Gasteiger partial charge in [0.15, 0.2) is 0 Å². The zero-order valence-corrected chi connectivity index (χ0v) is 12.1. The van der Waals surface area contributed by atoms with Gasteiger partial charge in [-0.3, -0.25) is 4.79 Å². The fraction of sp³-hybridized carbons (Fsp3) is 0.188. The largest absolute Gasteiger partial charge is 0.480 e. The third kappa shape index (κ3) is 4.62. The number of nitrogens with zero attached hydrogens (tertiary/aromatic N) is 2. The van der Waals surface area contributed by atoms with Crippen molar-refractivity contribution in [2.45, 2.75) is 17.4 Å². The molecule has 2 rings (SSSR count). The molecule has 2 aromatic rings. The van der Waals surface area contributed by atoms with Gasteiger partial charge in [0.2, 0.25) is 0 Å². The summed E-state index contributed by atoms with van der Waals surface area (Å²) in [4.78, 5) is 15.3. The van der Waals surface area contributed by atoms with Crippen molar-refractivity contribution in [3.63, 3.8) is 0 Å². The third-order valence-corrected chi connectivity index (χ3v) is 4.20. The minimum absolute atomic E-state index is 0.350. The Labute approximate surface area is 127 Å². The SMILES string of the molecule is N#Cc1cc(CSC(Cc2ccccc2)C(=O)O)ccn1. The van der Waals surface area contributed by atoms with Crippen LogP contribution in [-0.2, 0) is 17.0 Å². The molecule has 0 saturated carbocycles. The highest BCUT2D eigenvalue weighted by molar-refractivity contribution is 7.99. The minimum atomic E-state index is -0.821. The van der Waals surface area contributed by atoms with Crippen LogP contribution in [0.15, 0.2) is 48.7 Å². The number of hydrogen-bond donors (Lipinski definition) is 1. The van der Waals surface area contributed by atoms with Crippen LogP contribution in [0.1, 0.15) is 16.8 Å². The molecule has 1 unspecified atom stereocenters. The van der Waals surface area contributed by atoms with Crippen LogP contribution in [0.5, 0.6) is 0 Å². The molecule has 0 amide bonds. The van der Waals surface area contributed by atoms with Crippen LogP contribution in [0, 0.1) is 11.3 Å². The number of rotatable bonds is 6. The molecule has 0 spiro atoms. The molecule has 0 aliphatic carbocycles. The van der Waals surface area contributed by atoms with Crippen molar-refractivity contribution in [2.24, 2.45) is 0 Å². The highest BCUT2D eigenvalue weighted by Crippen LogP contribution is 2.21. The molecule has 0 saturated heterocycles. The number of hydrogen-bond acceptors (Lipinski definition) is 4. The number of thioether (sulfide) groups is 1. The van der Waals surface area contributed by atoms with Crippen molar-refractivity contribution in [3.05, 3.63) is 65.5 Å². The topological polar surface area (TPSA) is 74.0 Å². The van der Waals surface area contributed by atoms with Crippen LogP contribution in [-0.4, -0.2) is 21.3 Å². The normalized spacial score (nSPS) is 11.6. The van der Waals surface area contributed by atoms with Crippen molar-refractivity contribution in [2.75, 3.05) is 0 Å². The first-order valence-electron chi connectivity index (χ1n) is 6.42. The second-order valence-electron chi connectivity index (χ2n) is 4.49. The number of carboxylic acids is 1. The van der Waals surface area contributed by atoms with Crippen molar-refractivity contribution < 1.29 is 9.90 Å². The number of aromatic nitrogens is 1. The van der Waals surface area contributed by atoms with Gasteiger partial charge >= 0.3 is 5.97 Å². The Morgan fingerprint density at radius 2 is 2.05 bits per heavy atom. The van der Waals surface area contributed by atoms with E-state index in [1.807, 2.05) is 36.4 Å². The van der Waals surface area contributed by atoms with E-state index in [0.29, 0.717) is 17.9 Å². The smallest absolute Gasteiger partial charge is 0.316 e. The van der Waals surface area contributed by atoms with Gasteiger partial charge in [0.25, 0.3) is 0 Å². The molecule has 1 aromatic heterocycles. The second kappa shape index (κ2) is 7.46. The number of pyridine rings is 1. The maximum atomic E-state index is 11.4. The van der Waals surface area contributed by atoms with Gasteiger partial charge in [-0.25, -0.2) is 4.98 Å². The molecule has 0 bridgehead atoms. The number of carboxylic acid groups (broad SMARTS) is 1. The molecular formula is C16H14N2O2S. The number of carbonyl (C=O) groups is 1. The number of nitriles is 1. The molecule has 106 valence electrons. The molecule has 1 N–H and O–H groups in total. The van der Waals surface area contributed by atoms with Gasteiger partial charge in [0.05, 0.1) is 0 Å². The van der Waals surface area contributed by atoms with Crippen molar-refractivity contribution in [1.29, 1.82) is 5.26 Å². The average Bonchev–Trinajstić information content (AvgIpc) is 2.52. The zero-order chi connectivity index (χ0) is 15.1. The average molecular weight is 298 g/mol. The molecule has 1 atom stereocenters. The molecule has 1 heterocycles. The van der Waals surface area contributed by atoms with Gasteiger partial charge < -0.3 is 5.11 Å². The van der Waals surface area contributed by atoms with E-state index >= 15 is 0 Å². The van der Waals surface area contributed by atoms with E-state index in [2.05, 4.69) is 4.98 Å². The van der Waals surface area contributed by atoms with Gasteiger partial charge in [-0.05, 0) is 29.7 Å². The molecule has 0 aliphatic rings. The summed E-state index contributed by atoms with van der Waals surface area (Å²) in [6.45, 7) is 0. The Balaban J connectivity index is 2.00. The van der Waals surface area contributed by atoms with E-state index < -0.39 is 11.2 Å². The lowest BCUT2D eigenvalue weighted by atomic mass is 10.1. The minimum Gasteiger partial charge on any atom is -0.480 e. The van der Waals surface area contributed by atoms with Crippen LogP contribution < -0.4 is 0 Å². The summed E-state index contributed by atoms with van der Waals surface area (Å²) < 4.78 is 0. The maximum absolute atomic E-state index is 11.4. The van der Waals surface area contributed by atoms with Gasteiger partial charge in [-0.1, -0.05) is 30.3 Å². The quantitative estimate of drug-likeness (QED) is 0.887. The first-order chi connectivity index (χ1) is 10.2. The Morgan fingerprint density at radius 3 is 2.71 bits per heavy atom. The van der Waals surface area contributed by atoms with Gasteiger partial charge in [-0.2, -0.15) is 5.26 Å². The summed E-state index contributed by atoms with van der Waals surface area (Å²) in [5.74, 6) is -0.278. The standard InChI is InChI=1S/C16H14N2O2S/c17-10-14-8-13(6-7-18-14)11-21-15(16(19)20)9-12-4-2-1-3-5-12/h1-8,15H,9,11H2,(H,19,20). The summed E-state index contributed by atoms with van der Waals surface area (Å²) in [6.07, 6.45) is 2.05. The van der Waals surface area contributed by atoms with Crippen molar-refractivity contribution >= 4 is 17.7 Å². The van der Waals surface area contributed by atoms with Gasteiger partial charge in [-0.15, -0.1) is 11.8 Å². The van der Waals surface area contributed by atoms with E-state index in [1.54, 1.807) is 18.3 Å². The molecule has 21 heavy (non-hydrogen) atoms. The molecular weight excluding hydrogens is 284 g/mol. The molecule has 1 aromatic carbocycles. The lowest BCUT2D eigenvalue weighted by molar-refractivity contribution is -0.136. The van der Waals surface area contributed by atoms with E-state index in [9.17, 15) is 9.90 Å². The number of aliphatic carboxylic acids is 1. The van der Waals surface area contributed by atoms with Gasteiger partial charge in [0, 0.05) is 11.9 Å². The van der Waals surface area contributed by atoms with E-state index in [1.165, 1.54) is 11.8 Å². The summed E-state index contributed by atoms with van der Waals surface area (Å²) >= 11 is 1.36. The van der Waals surface area contributed by atoms with Crippen LogP contribution in [0.4, 0.5) is 0 Å². The predicted molar refractivity (Wildman–Crippen MR) is 81.8 cm³/mol. The fourth-order valence-corrected chi connectivity index (χ4v) is 2.89. The van der Waals surface area contributed by atoms with Crippen molar-refractivity contribution in [1.82, 2.24) is 4.98 Å². The van der Waals surface area contributed by atoms with Gasteiger partial charge in [0.1, 0.15) is 17.0 Å². The summed E-state index contributed by atoms with van der Waals surface area (Å²) in [7, 11) is 0. The Hall–Kier alpha value is -2.32. The molecule has 0 fully saturated rings. The third-order valence-electron chi connectivity index (χ3n) is 2.93. The summed E-state index contributed by atoms with van der Waals surface area (Å²) in [5, 5.41) is 17.6. The lowest BCUT2D eigenvalue weighted by Gasteiger charge is -2.12. The Kier molecular flexibility index (Phi) is 5.35. The lowest BCUT2D eigenvalue weighted by Crippen LogP contribution is -2.19. The molecule has 0 aliphatic heterocycles. The first-order valence-corrected chi connectivity index (χ1v) is 7.47. The predicted octanol–water partition coefficient (Wildman–Crippen LogP) is 2.88. The van der Waals surface area contributed by atoms with Crippen LogP contribution >= 0.6 is 11.8 Å². The monoisotopic (exact) mass is 298 g/mol. The maximum Gasteiger partial charge on any atom is 0.316 e. The molecule has 0 radical (unpaired) electrons. The van der Waals surface area contributed by atoms with E-state index in [-0.39, 0.29) is 0 Å². The highest BCUT2D eigenvalue weighted by atomic mass is 32.2. The summed E-state index contributed by atoms with van der Waals surface area (Å²) in [6, 6.07) is 15.0. The number of benzene rings is 1. The van der Waals surface area contributed by atoms with Crippen LogP contribution in [0.3, 0.4) is 0 Å².